The van der Waals surface area contributed by atoms with Gasteiger partial charge in [0.25, 0.3) is 0 Å². The first-order valence-corrected chi connectivity index (χ1v) is 9.15. The maximum absolute atomic E-state index is 10.3. The van der Waals surface area contributed by atoms with Crippen molar-refractivity contribution in [2.45, 2.75) is 12.1 Å². The predicted molar refractivity (Wildman–Crippen MR) is 71.3 cm³/mol. The zero-order chi connectivity index (χ0) is 12.6. The van der Waals surface area contributed by atoms with Crippen molar-refractivity contribution in [2.75, 3.05) is 11.5 Å². The molecule has 0 aliphatic rings. The highest BCUT2D eigenvalue weighted by atomic mass is 33.7. The van der Waals surface area contributed by atoms with Crippen LogP contribution in [0.2, 0.25) is 0 Å². The number of carboxylic acids is 2. The standard InChI is InChI=1S/C6H12N2O4S4/c7-3(5(9)10)1-13-15-16-14-2-4(8)6(11)12/h3-4H,1-2,7-8H2,(H,9,10)(H,11,12). The van der Waals surface area contributed by atoms with Crippen molar-refractivity contribution in [3.63, 3.8) is 0 Å². The van der Waals surface area contributed by atoms with E-state index in [1.54, 1.807) is 0 Å². The Morgan fingerprint density at radius 3 is 1.50 bits per heavy atom. The molecule has 0 rings (SSSR count). The highest BCUT2D eigenvalue weighted by Crippen LogP contribution is 2.43. The van der Waals surface area contributed by atoms with Crippen LogP contribution in [-0.2, 0) is 9.59 Å². The van der Waals surface area contributed by atoms with E-state index in [0.717, 1.165) is 0 Å². The second-order valence-corrected chi connectivity index (χ2v) is 8.69. The van der Waals surface area contributed by atoms with E-state index >= 15 is 0 Å². The van der Waals surface area contributed by atoms with Crippen molar-refractivity contribution in [2.24, 2.45) is 11.5 Å². The van der Waals surface area contributed by atoms with Crippen LogP contribution in [0.4, 0.5) is 0 Å². The predicted octanol–water partition coefficient (Wildman–Crippen LogP) is 0.488. The third kappa shape index (κ3) is 8.42. The van der Waals surface area contributed by atoms with Gasteiger partial charge in [0.1, 0.15) is 12.1 Å². The van der Waals surface area contributed by atoms with Crippen LogP contribution in [-0.4, -0.2) is 45.7 Å². The van der Waals surface area contributed by atoms with E-state index < -0.39 is 24.0 Å². The number of hydrogen-bond acceptors (Lipinski definition) is 8. The van der Waals surface area contributed by atoms with Crippen molar-refractivity contribution >= 4 is 53.2 Å². The molecule has 0 aliphatic heterocycles. The maximum atomic E-state index is 10.3. The lowest BCUT2D eigenvalue weighted by atomic mass is 10.4. The van der Waals surface area contributed by atoms with Crippen molar-refractivity contribution in [3.05, 3.63) is 0 Å². The Balaban J connectivity index is 3.34. The number of hydrogen-bond donors (Lipinski definition) is 4. The first-order valence-electron chi connectivity index (χ1n) is 3.99. The van der Waals surface area contributed by atoms with Gasteiger partial charge >= 0.3 is 11.9 Å². The summed E-state index contributed by atoms with van der Waals surface area (Å²) in [7, 11) is 5.34. The molecule has 6 nitrogen and oxygen atoms in total. The van der Waals surface area contributed by atoms with Crippen LogP contribution >= 0.6 is 41.2 Å². The van der Waals surface area contributed by atoms with Gasteiger partial charge in [0.15, 0.2) is 0 Å². The van der Waals surface area contributed by atoms with Gasteiger partial charge in [-0.2, -0.15) is 0 Å². The van der Waals surface area contributed by atoms with Crippen LogP contribution in [0.25, 0.3) is 0 Å². The average molecular weight is 304 g/mol. The van der Waals surface area contributed by atoms with E-state index in [9.17, 15) is 9.59 Å². The molecule has 0 aromatic heterocycles. The molecule has 0 aromatic rings. The number of aliphatic carboxylic acids is 2. The lowest BCUT2D eigenvalue weighted by molar-refractivity contribution is -0.138. The molecule has 0 fully saturated rings. The molecule has 0 amide bonds. The van der Waals surface area contributed by atoms with E-state index in [0.29, 0.717) is 11.5 Å². The fraction of sp³-hybridized carbons (Fsp3) is 0.667. The van der Waals surface area contributed by atoms with Crippen molar-refractivity contribution in [1.29, 1.82) is 0 Å². The van der Waals surface area contributed by atoms with Crippen LogP contribution in [0.5, 0.6) is 0 Å². The summed E-state index contributed by atoms with van der Waals surface area (Å²) in [6.07, 6.45) is 0. The summed E-state index contributed by atoms with van der Waals surface area (Å²) < 4.78 is 0. The number of rotatable bonds is 9. The molecule has 2 atom stereocenters. The Bertz CT molecular complexity index is 219. The molecule has 0 radical (unpaired) electrons. The Kier molecular flexibility index (Phi) is 9.46. The van der Waals surface area contributed by atoms with Crippen molar-refractivity contribution in [3.8, 4) is 0 Å². The van der Waals surface area contributed by atoms with Gasteiger partial charge in [0.2, 0.25) is 0 Å². The van der Waals surface area contributed by atoms with Crippen molar-refractivity contribution < 1.29 is 19.8 Å². The quantitative estimate of drug-likeness (QED) is 0.353. The molecule has 0 saturated heterocycles. The third-order valence-corrected chi connectivity index (χ3v) is 7.78. The normalized spacial score (nSPS) is 14.4. The summed E-state index contributed by atoms with van der Waals surface area (Å²) in [5.41, 5.74) is 10.5. The molecule has 94 valence electrons. The fourth-order valence-electron chi connectivity index (χ4n) is 0.384. The minimum absolute atomic E-state index is 0.304. The Morgan fingerprint density at radius 1 is 0.938 bits per heavy atom. The molecule has 0 heterocycles. The number of nitrogens with two attached hydrogens (primary N) is 2. The highest BCUT2D eigenvalue weighted by Gasteiger charge is 2.13. The maximum Gasteiger partial charge on any atom is 0.321 e. The molecule has 6 N–H and O–H groups in total. The van der Waals surface area contributed by atoms with E-state index in [1.807, 2.05) is 0 Å². The SMILES string of the molecule is NC(CSSSSCC(N)C(=O)O)C(=O)O. The summed E-state index contributed by atoms with van der Waals surface area (Å²) >= 11 is 0. The van der Waals surface area contributed by atoms with Gasteiger partial charge in [-0.25, -0.2) is 0 Å². The molecule has 0 spiro atoms. The van der Waals surface area contributed by atoms with E-state index in [-0.39, 0.29) is 0 Å². The minimum Gasteiger partial charge on any atom is -0.480 e. The summed E-state index contributed by atoms with van der Waals surface area (Å²) in [4.78, 5) is 20.7. The molecule has 0 aliphatic carbocycles. The average Bonchev–Trinajstić information content (AvgIpc) is 2.21. The molecule has 0 bridgehead atoms. The van der Waals surface area contributed by atoms with Gasteiger partial charge < -0.3 is 21.7 Å². The second-order valence-electron chi connectivity index (χ2n) is 2.59. The monoisotopic (exact) mass is 304 g/mol. The first kappa shape index (κ1) is 16.3. The van der Waals surface area contributed by atoms with Crippen LogP contribution in [0.3, 0.4) is 0 Å². The number of carbonyl (C=O) groups is 2. The summed E-state index contributed by atoms with van der Waals surface area (Å²) in [5.74, 6) is -1.45. The van der Waals surface area contributed by atoms with E-state index in [1.165, 1.54) is 41.2 Å². The van der Waals surface area contributed by atoms with Gasteiger partial charge in [-0.05, 0) is 19.7 Å². The van der Waals surface area contributed by atoms with E-state index in [4.69, 9.17) is 21.7 Å². The minimum atomic E-state index is -1.03. The smallest absolute Gasteiger partial charge is 0.321 e. The fourth-order valence-corrected chi connectivity index (χ4v) is 6.43. The first-order chi connectivity index (χ1) is 7.45. The van der Waals surface area contributed by atoms with Gasteiger partial charge in [0, 0.05) is 11.5 Å². The lowest BCUT2D eigenvalue weighted by Crippen LogP contribution is -2.32. The van der Waals surface area contributed by atoms with Gasteiger partial charge in [-0.3, -0.25) is 9.59 Å². The third-order valence-electron chi connectivity index (χ3n) is 1.25. The topological polar surface area (TPSA) is 127 Å². The molecule has 0 aromatic carbocycles. The van der Waals surface area contributed by atoms with Crippen LogP contribution < -0.4 is 11.5 Å². The highest BCUT2D eigenvalue weighted by molar-refractivity contribution is 9.26. The molecular weight excluding hydrogens is 292 g/mol. The summed E-state index contributed by atoms with van der Waals surface area (Å²) in [5, 5.41) is 17.0. The summed E-state index contributed by atoms with van der Waals surface area (Å²) in [6, 6.07) is -1.74. The largest absolute Gasteiger partial charge is 0.480 e. The molecule has 0 saturated carbocycles. The van der Waals surface area contributed by atoms with Crippen LogP contribution in [0, 0.1) is 0 Å². The van der Waals surface area contributed by atoms with Gasteiger partial charge in [0.05, 0.1) is 0 Å². The second kappa shape index (κ2) is 9.31. The van der Waals surface area contributed by atoms with Crippen LogP contribution in [0.1, 0.15) is 0 Å². The Hall–Kier alpha value is 0.260. The zero-order valence-corrected chi connectivity index (χ0v) is 11.3. The Morgan fingerprint density at radius 2 is 1.25 bits per heavy atom. The summed E-state index contributed by atoms with van der Waals surface area (Å²) in [6.45, 7) is 0. The molecule has 16 heavy (non-hydrogen) atoms. The van der Waals surface area contributed by atoms with Crippen molar-refractivity contribution in [1.82, 2.24) is 0 Å². The lowest BCUT2D eigenvalue weighted by Gasteiger charge is -2.05. The Labute approximate surface area is 108 Å². The zero-order valence-electron chi connectivity index (χ0n) is 8.07. The van der Waals surface area contributed by atoms with E-state index in [2.05, 4.69) is 0 Å². The molecular formula is C6H12N2O4S4. The molecule has 10 heteroatoms. The number of carboxylic acid groups (broad SMARTS) is 2. The van der Waals surface area contributed by atoms with Gasteiger partial charge in [-0.1, -0.05) is 21.6 Å². The molecule has 2 unspecified atom stereocenters. The van der Waals surface area contributed by atoms with Gasteiger partial charge in [-0.15, -0.1) is 0 Å². The van der Waals surface area contributed by atoms with Crippen LogP contribution in [0.15, 0.2) is 0 Å².